The molecular weight excluding hydrogens is 493 g/mol. The summed E-state index contributed by atoms with van der Waals surface area (Å²) in [5, 5.41) is 31.7. The monoisotopic (exact) mass is 512 g/mol. The molecule has 0 aromatic rings. The topological polar surface area (TPSA) is 262 Å². The Hall–Kier alpha value is -1.00. The molecule has 0 radical (unpaired) electrons. The minimum absolute atomic E-state index is 0.0908. The first-order valence-electron chi connectivity index (χ1n) is 7.95. The molecule has 17 nitrogen and oxygen atoms in total. The number of phosphoric ester groups is 1. The molecule has 3 unspecified atom stereocenters. The van der Waals surface area contributed by atoms with Crippen molar-refractivity contribution in [3.63, 3.8) is 0 Å². The number of carbonyl (C=O) groups is 1. The molecule has 6 atom stereocenters. The second-order valence-electron chi connectivity index (χ2n) is 6.05. The van der Waals surface area contributed by atoms with Crippen LogP contribution in [0.3, 0.4) is 0 Å². The first-order chi connectivity index (χ1) is 14.1. The maximum absolute atomic E-state index is 11.8. The van der Waals surface area contributed by atoms with Crippen molar-refractivity contribution in [3.8, 4) is 0 Å². The maximum Gasteiger partial charge on any atom is 0.490 e. The third kappa shape index (κ3) is 6.99. The van der Waals surface area contributed by atoms with Crippen molar-refractivity contribution in [1.82, 2.24) is 10.2 Å². The highest BCUT2D eigenvalue weighted by atomic mass is 31.3. The zero-order valence-electron chi connectivity index (χ0n) is 15.2. The highest BCUT2D eigenvalue weighted by Crippen LogP contribution is 2.66. The Morgan fingerprint density at radius 2 is 1.71 bits per heavy atom. The van der Waals surface area contributed by atoms with Crippen molar-refractivity contribution in [2.45, 2.75) is 24.5 Å². The quantitative estimate of drug-likeness (QED) is 0.149. The van der Waals surface area contributed by atoms with Crippen LogP contribution in [-0.4, -0.2) is 83.5 Å². The summed E-state index contributed by atoms with van der Waals surface area (Å²) in [5.74, 6) is -0.756. The van der Waals surface area contributed by atoms with E-state index in [1.165, 1.54) is 0 Å². The van der Waals surface area contributed by atoms with Crippen LogP contribution in [0.15, 0.2) is 24.2 Å². The summed E-state index contributed by atoms with van der Waals surface area (Å²) in [7, 11) is -16.8. The predicted octanol–water partition coefficient (Wildman–Crippen LogP) is -2.44. The van der Waals surface area contributed by atoms with E-state index in [0.717, 1.165) is 11.1 Å². The van der Waals surface area contributed by atoms with E-state index in [4.69, 9.17) is 19.4 Å². The molecule has 20 heteroatoms. The number of nitrogens with one attached hydrogen (secondary N) is 1. The maximum atomic E-state index is 11.8. The van der Waals surface area contributed by atoms with E-state index in [1.807, 2.05) is 0 Å². The summed E-state index contributed by atoms with van der Waals surface area (Å²) in [4.78, 5) is 48.2. The van der Waals surface area contributed by atoms with Crippen LogP contribution in [0.25, 0.3) is 0 Å². The Balaban J connectivity index is 2.05. The normalized spacial score (nSPS) is 31.1. The van der Waals surface area contributed by atoms with Crippen LogP contribution in [0.1, 0.15) is 0 Å². The Morgan fingerprint density at radius 3 is 2.26 bits per heavy atom. The van der Waals surface area contributed by atoms with Crippen LogP contribution >= 0.6 is 23.5 Å². The summed E-state index contributed by atoms with van der Waals surface area (Å²) in [6, 6.07) is 0. The van der Waals surface area contributed by atoms with Crippen molar-refractivity contribution in [1.29, 1.82) is 0 Å². The van der Waals surface area contributed by atoms with Crippen LogP contribution in [0.2, 0.25) is 0 Å². The number of aliphatic hydroxyl groups excluding tert-OH is 3. The second kappa shape index (κ2) is 9.47. The lowest BCUT2D eigenvalue weighted by atomic mass is 10.1. The Bertz CT molecular complexity index is 901. The third-order valence-corrected chi connectivity index (χ3v) is 7.56. The Kier molecular flexibility index (Phi) is 8.02. The molecule has 8 N–H and O–H groups in total. The van der Waals surface area contributed by atoms with Gasteiger partial charge in [-0.05, 0) is 0 Å². The van der Waals surface area contributed by atoms with E-state index in [0.29, 0.717) is 0 Å². The number of hydrogen-bond donors (Lipinski definition) is 8. The fourth-order valence-corrected chi connectivity index (χ4v) is 5.52. The zero-order valence-corrected chi connectivity index (χ0v) is 17.9. The molecule has 1 amide bonds. The largest absolute Gasteiger partial charge is 0.490 e. The summed E-state index contributed by atoms with van der Waals surface area (Å²) < 4.78 is 50.4. The lowest BCUT2D eigenvalue weighted by Gasteiger charge is -2.34. The number of aliphatic hydroxyl groups is 3. The summed E-state index contributed by atoms with van der Waals surface area (Å²) in [6.45, 7) is 1.84. The zero-order chi connectivity index (χ0) is 23.8. The Morgan fingerprint density at radius 1 is 1.10 bits per heavy atom. The fourth-order valence-electron chi connectivity index (χ4n) is 2.49. The molecular formula is C11H19N2O15P3. The van der Waals surface area contributed by atoms with Gasteiger partial charge in [0.1, 0.15) is 24.1 Å². The number of nitrogens with zero attached hydrogens (tertiary/aromatic N) is 1. The molecule has 0 spiro atoms. The van der Waals surface area contributed by atoms with Crippen molar-refractivity contribution >= 4 is 29.4 Å². The van der Waals surface area contributed by atoms with Crippen molar-refractivity contribution in [2.75, 3.05) is 13.2 Å². The number of carbonyl (C=O) groups excluding carboxylic acids is 1. The minimum atomic E-state index is -5.73. The van der Waals surface area contributed by atoms with Gasteiger partial charge in [-0.1, -0.05) is 6.58 Å². The number of ether oxygens (including phenoxy) is 1. The van der Waals surface area contributed by atoms with Gasteiger partial charge in [-0.3, -0.25) is 9.32 Å². The van der Waals surface area contributed by atoms with Crippen LogP contribution in [0.5, 0.6) is 0 Å². The van der Waals surface area contributed by atoms with Crippen molar-refractivity contribution in [2.24, 2.45) is 0 Å². The molecule has 1 saturated heterocycles. The smallest absolute Gasteiger partial charge is 0.391 e. The van der Waals surface area contributed by atoms with Gasteiger partial charge in [-0.15, -0.1) is 0 Å². The van der Waals surface area contributed by atoms with Crippen LogP contribution in [0.4, 0.5) is 0 Å². The lowest BCUT2D eigenvalue weighted by Crippen LogP contribution is -2.48. The molecule has 2 heterocycles. The van der Waals surface area contributed by atoms with Gasteiger partial charge >= 0.3 is 23.5 Å². The van der Waals surface area contributed by atoms with E-state index in [2.05, 4.69) is 25.0 Å². The first-order valence-corrected chi connectivity index (χ1v) is 12.5. The number of phosphoric acid groups is 3. The molecule has 31 heavy (non-hydrogen) atoms. The SMILES string of the molecule is C=C1NC(=O)C(CO)=CN1[C@@H]1O[C@H](COP(=O)(O)OP(=O)(O)OP(=O)(O)O)C(O)[C@@H]1O. The molecule has 0 aromatic heterocycles. The van der Waals surface area contributed by atoms with Gasteiger partial charge in [-0.25, -0.2) is 13.7 Å². The number of amides is 1. The third-order valence-electron chi connectivity index (χ3n) is 3.76. The summed E-state index contributed by atoms with van der Waals surface area (Å²) in [5.41, 5.74) is -0.130. The summed E-state index contributed by atoms with van der Waals surface area (Å²) in [6.07, 6.45) is -5.27. The lowest BCUT2D eigenvalue weighted by molar-refractivity contribution is -0.120. The second-order valence-corrected chi connectivity index (χ2v) is 10.5. The fraction of sp³-hybridized carbons (Fsp3) is 0.545. The molecule has 178 valence electrons. The Labute approximate surface area is 173 Å². The molecule has 2 rings (SSSR count). The van der Waals surface area contributed by atoms with E-state index >= 15 is 0 Å². The highest BCUT2D eigenvalue weighted by Gasteiger charge is 2.48. The van der Waals surface area contributed by atoms with Crippen LogP contribution in [0, 0.1) is 0 Å². The van der Waals surface area contributed by atoms with Crippen LogP contribution in [-0.2, 0) is 36.4 Å². The van der Waals surface area contributed by atoms with Crippen molar-refractivity contribution < 1.29 is 71.3 Å². The van der Waals surface area contributed by atoms with Gasteiger partial charge < -0.3 is 49.8 Å². The first kappa shape index (κ1) is 26.3. The molecule has 0 aliphatic carbocycles. The van der Waals surface area contributed by atoms with E-state index < -0.39 is 67.1 Å². The standard InChI is InChI=1S/C11H19N2O15P3/c1-5-12-10(17)6(3-14)2-13(5)11-9(16)8(15)7(26-11)4-25-30(21,22)28-31(23,24)27-29(18,19)20/h2,7-9,11,14-16H,1,3-4H2,(H,12,17)(H,21,22)(H,23,24)(H2,18,19,20)/t7-,8?,9+,11-/m1/s1. The molecule has 2 aliphatic rings. The molecule has 0 saturated carbocycles. The van der Waals surface area contributed by atoms with Gasteiger partial charge in [0.2, 0.25) is 0 Å². The van der Waals surface area contributed by atoms with Gasteiger partial charge in [0.05, 0.1) is 18.8 Å². The molecule has 2 aliphatic heterocycles. The van der Waals surface area contributed by atoms with Gasteiger partial charge in [0.15, 0.2) is 6.23 Å². The minimum Gasteiger partial charge on any atom is -0.391 e. The van der Waals surface area contributed by atoms with Gasteiger partial charge in [-0.2, -0.15) is 8.62 Å². The highest BCUT2D eigenvalue weighted by molar-refractivity contribution is 7.66. The van der Waals surface area contributed by atoms with Gasteiger partial charge in [0.25, 0.3) is 5.91 Å². The van der Waals surface area contributed by atoms with E-state index in [1.54, 1.807) is 0 Å². The van der Waals surface area contributed by atoms with Crippen molar-refractivity contribution in [3.05, 3.63) is 24.2 Å². The number of rotatable bonds is 9. The molecule has 0 bridgehead atoms. The average molecular weight is 512 g/mol. The van der Waals surface area contributed by atoms with E-state index in [-0.39, 0.29) is 11.4 Å². The van der Waals surface area contributed by atoms with E-state index in [9.17, 15) is 38.7 Å². The predicted molar refractivity (Wildman–Crippen MR) is 94.8 cm³/mol. The molecule has 0 aromatic carbocycles. The van der Waals surface area contributed by atoms with Crippen LogP contribution < -0.4 is 5.32 Å². The number of hydrogen-bond acceptors (Lipinski definition) is 12. The summed E-state index contributed by atoms with van der Waals surface area (Å²) >= 11 is 0. The van der Waals surface area contributed by atoms with Gasteiger partial charge in [0, 0.05) is 6.20 Å². The average Bonchev–Trinajstić information content (AvgIpc) is 2.85. The molecule has 1 fully saturated rings.